The van der Waals surface area contributed by atoms with Crippen molar-refractivity contribution in [3.8, 4) is 0 Å². The Hall–Kier alpha value is -0.580. The third kappa shape index (κ3) is 2.24. The number of sulfonamides is 1. The van der Waals surface area contributed by atoms with Crippen molar-refractivity contribution in [2.75, 3.05) is 11.8 Å². The van der Waals surface area contributed by atoms with Crippen molar-refractivity contribution < 1.29 is 8.42 Å². The van der Waals surface area contributed by atoms with Crippen LogP contribution in [0.5, 0.6) is 0 Å². The number of hydrogen-bond donors (Lipinski definition) is 0. The van der Waals surface area contributed by atoms with Crippen LogP contribution in [0, 0.1) is 0 Å². The van der Waals surface area contributed by atoms with Crippen LogP contribution in [0.3, 0.4) is 0 Å². The number of hydrogen-bond acceptors (Lipinski definition) is 2. The molecule has 5 heteroatoms. The molecule has 0 spiro atoms. The number of alkyl halides is 1. The molecule has 1 aromatic carbocycles. The average Bonchev–Trinajstić information content (AvgIpc) is 2.80. The molecular formula is C11H14ClNO2S. The number of rotatable bonds is 3. The summed E-state index contributed by atoms with van der Waals surface area (Å²) in [5.74, 6) is 0. The van der Waals surface area contributed by atoms with Gasteiger partial charge in [0.25, 0.3) is 0 Å². The fourth-order valence-corrected chi connectivity index (χ4v) is 3.67. The summed E-state index contributed by atoms with van der Waals surface area (Å²) in [6, 6.07) is 9.68. The van der Waals surface area contributed by atoms with Gasteiger partial charge in [0.05, 0.1) is 0 Å². The highest BCUT2D eigenvalue weighted by molar-refractivity contribution is 7.90. The highest BCUT2D eigenvalue weighted by Gasteiger charge is 2.34. The summed E-state index contributed by atoms with van der Waals surface area (Å²) in [5.41, 5.74) is 1.05. The summed E-state index contributed by atoms with van der Waals surface area (Å²) in [6.45, 7) is 0.578. The predicted molar refractivity (Wildman–Crippen MR) is 64.8 cm³/mol. The van der Waals surface area contributed by atoms with Gasteiger partial charge in [-0.2, -0.15) is 4.31 Å². The number of nitrogens with zero attached hydrogens (tertiary/aromatic N) is 1. The third-order valence-electron chi connectivity index (χ3n) is 2.88. The Bertz CT molecular complexity index is 446. The monoisotopic (exact) mass is 259 g/mol. The number of halogens is 1. The van der Waals surface area contributed by atoms with Gasteiger partial charge in [-0.3, -0.25) is 0 Å². The zero-order valence-electron chi connectivity index (χ0n) is 8.84. The van der Waals surface area contributed by atoms with Crippen LogP contribution in [-0.2, 0) is 10.0 Å². The Labute approximate surface area is 101 Å². The second-order valence-corrected chi connectivity index (χ2v) is 6.41. The normalized spacial score (nSPS) is 22.4. The number of benzene rings is 1. The fraction of sp³-hybridized carbons (Fsp3) is 0.455. The molecule has 3 nitrogen and oxygen atoms in total. The molecule has 0 saturated carbocycles. The second kappa shape index (κ2) is 4.73. The van der Waals surface area contributed by atoms with Gasteiger partial charge in [0, 0.05) is 12.6 Å². The second-order valence-electron chi connectivity index (χ2n) is 3.90. The van der Waals surface area contributed by atoms with Gasteiger partial charge in [0.15, 0.2) is 0 Å². The molecule has 88 valence electrons. The quantitative estimate of drug-likeness (QED) is 0.782. The Morgan fingerprint density at radius 3 is 2.62 bits per heavy atom. The molecule has 1 aliphatic rings. The lowest BCUT2D eigenvalue weighted by Crippen LogP contribution is -2.31. The van der Waals surface area contributed by atoms with E-state index in [1.165, 1.54) is 4.31 Å². The van der Waals surface area contributed by atoms with Gasteiger partial charge in [-0.1, -0.05) is 30.3 Å². The third-order valence-corrected chi connectivity index (χ3v) is 5.14. The van der Waals surface area contributed by atoms with E-state index >= 15 is 0 Å². The van der Waals surface area contributed by atoms with E-state index in [0.29, 0.717) is 6.54 Å². The van der Waals surface area contributed by atoms with Gasteiger partial charge in [-0.05, 0) is 18.4 Å². The summed E-state index contributed by atoms with van der Waals surface area (Å²) in [5, 5.41) is -0.337. The molecule has 0 N–H and O–H groups in total. The molecule has 0 amide bonds. The van der Waals surface area contributed by atoms with Crippen LogP contribution in [0.25, 0.3) is 0 Å². The summed E-state index contributed by atoms with van der Waals surface area (Å²) in [4.78, 5) is 0. The van der Waals surface area contributed by atoms with Crippen molar-refractivity contribution in [1.29, 1.82) is 0 Å². The smallest absolute Gasteiger partial charge is 0.211 e. The zero-order valence-corrected chi connectivity index (χ0v) is 10.4. The highest BCUT2D eigenvalue weighted by atomic mass is 35.5. The van der Waals surface area contributed by atoms with E-state index in [4.69, 9.17) is 11.6 Å². The molecule has 1 heterocycles. The van der Waals surface area contributed by atoms with Crippen molar-refractivity contribution >= 4 is 21.6 Å². The maximum atomic E-state index is 11.8. The van der Waals surface area contributed by atoms with E-state index in [2.05, 4.69) is 0 Å². The molecule has 1 aromatic rings. The molecule has 1 aliphatic heterocycles. The molecule has 1 atom stereocenters. The SMILES string of the molecule is O=S(=O)(CCl)N1CCCC1c1ccccc1. The van der Waals surface area contributed by atoms with Crippen molar-refractivity contribution in [1.82, 2.24) is 4.31 Å². The standard InChI is InChI=1S/C11H14ClNO2S/c12-9-16(14,15)13-8-4-7-11(13)10-5-2-1-3-6-10/h1-3,5-6,11H,4,7-9H2. The summed E-state index contributed by atoms with van der Waals surface area (Å²) < 4.78 is 25.1. The average molecular weight is 260 g/mol. The first-order valence-electron chi connectivity index (χ1n) is 5.25. The van der Waals surface area contributed by atoms with E-state index in [-0.39, 0.29) is 11.3 Å². The lowest BCUT2D eigenvalue weighted by atomic mass is 10.1. The largest absolute Gasteiger partial charge is 0.228 e. The van der Waals surface area contributed by atoms with Crippen molar-refractivity contribution in [2.24, 2.45) is 0 Å². The summed E-state index contributed by atoms with van der Waals surface area (Å²) in [7, 11) is -3.30. The maximum Gasteiger partial charge on any atom is 0.228 e. The topological polar surface area (TPSA) is 37.4 Å². The minimum Gasteiger partial charge on any atom is -0.211 e. The lowest BCUT2D eigenvalue weighted by molar-refractivity contribution is 0.399. The van der Waals surface area contributed by atoms with Crippen LogP contribution in [0.1, 0.15) is 24.4 Å². The minimum atomic E-state index is -3.30. The van der Waals surface area contributed by atoms with E-state index in [1.807, 2.05) is 30.3 Å². The molecule has 16 heavy (non-hydrogen) atoms. The van der Waals surface area contributed by atoms with E-state index in [0.717, 1.165) is 18.4 Å². The molecule has 2 rings (SSSR count). The molecule has 1 fully saturated rings. The zero-order chi connectivity index (χ0) is 11.6. The van der Waals surface area contributed by atoms with Crippen molar-refractivity contribution in [3.63, 3.8) is 0 Å². The van der Waals surface area contributed by atoms with Crippen molar-refractivity contribution in [3.05, 3.63) is 35.9 Å². The first kappa shape index (κ1) is 11.9. The molecule has 0 radical (unpaired) electrons. The maximum absolute atomic E-state index is 11.8. The van der Waals surface area contributed by atoms with Gasteiger partial charge < -0.3 is 0 Å². The molecule has 1 saturated heterocycles. The van der Waals surface area contributed by atoms with E-state index in [9.17, 15) is 8.42 Å². The van der Waals surface area contributed by atoms with Crippen LogP contribution >= 0.6 is 11.6 Å². The highest BCUT2D eigenvalue weighted by Crippen LogP contribution is 2.34. The van der Waals surface area contributed by atoms with Crippen LogP contribution in [0.4, 0.5) is 0 Å². The first-order valence-corrected chi connectivity index (χ1v) is 7.40. The Balaban J connectivity index is 2.29. The molecule has 0 aliphatic carbocycles. The van der Waals surface area contributed by atoms with Crippen LogP contribution in [0.15, 0.2) is 30.3 Å². The van der Waals surface area contributed by atoms with Crippen LogP contribution < -0.4 is 0 Å². The summed E-state index contributed by atoms with van der Waals surface area (Å²) in [6.07, 6.45) is 1.77. The Morgan fingerprint density at radius 2 is 2.00 bits per heavy atom. The van der Waals surface area contributed by atoms with E-state index in [1.54, 1.807) is 0 Å². The molecule has 1 unspecified atom stereocenters. The molecular weight excluding hydrogens is 246 g/mol. The van der Waals surface area contributed by atoms with Gasteiger partial charge in [-0.15, -0.1) is 11.6 Å². The fourth-order valence-electron chi connectivity index (χ4n) is 2.14. The van der Waals surface area contributed by atoms with Gasteiger partial charge in [0.2, 0.25) is 10.0 Å². The minimum absolute atomic E-state index is 0.0371. The Kier molecular flexibility index (Phi) is 3.52. The summed E-state index contributed by atoms with van der Waals surface area (Å²) >= 11 is 5.50. The van der Waals surface area contributed by atoms with Crippen molar-refractivity contribution in [2.45, 2.75) is 18.9 Å². The van der Waals surface area contributed by atoms with Gasteiger partial charge >= 0.3 is 0 Å². The van der Waals surface area contributed by atoms with E-state index < -0.39 is 10.0 Å². The molecule has 0 bridgehead atoms. The lowest BCUT2D eigenvalue weighted by Gasteiger charge is -2.23. The van der Waals surface area contributed by atoms with Gasteiger partial charge in [-0.25, -0.2) is 8.42 Å². The predicted octanol–water partition coefficient (Wildman–Crippen LogP) is 2.35. The first-order chi connectivity index (χ1) is 7.65. The van der Waals surface area contributed by atoms with Gasteiger partial charge in [0.1, 0.15) is 5.21 Å². The Morgan fingerprint density at radius 1 is 1.31 bits per heavy atom. The van der Waals surface area contributed by atoms with Crippen LogP contribution in [0.2, 0.25) is 0 Å². The molecule has 0 aromatic heterocycles. The van der Waals surface area contributed by atoms with Crippen LogP contribution in [-0.4, -0.2) is 24.5 Å².